The zero-order valence-electron chi connectivity index (χ0n) is 7.20. The summed E-state index contributed by atoms with van der Waals surface area (Å²) in [5, 5.41) is 8.63. The van der Waals surface area contributed by atoms with E-state index >= 15 is 0 Å². The number of nitrogens with two attached hydrogens (primary N) is 1. The number of imidazole rings is 1. The first kappa shape index (κ1) is 11.0. The van der Waals surface area contributed by atoms with Gasteiger partial charge in [0.2, 0.25) is 0 Å². The fourth-order valence-corrected chi connectivity index (χ4v) is 0.956. The highest BCUT2D eigenvalue weighted by atomic mass is 19.4. The lowest BCUT2D eigenvalue weighted by molar-refractivity contribution is -0.140. The van der Waals surface area contributed by atoms with Crippen molar-refractivity contribution in [2.45, 2.75) is 18.8 Å². The first-order valence-electron chi connectivity index (χ1n) is 3.87. The van der Waals surface area contributed by atoms with Crippen LogP contribution in [0, 0.1) is 0 Å². The number of aliphatic hydroxyl groups is 1. The van der Waals surface area contributed by atoms with Gasteiger partial charge in [0.1, 0.15) is 6.54 Å². The molecule has 0 saturated carbocycles. The van der Waals surface area contributed by atoms with Gasteiger partial charge in [0, 0.05) is 6.20 Å². The highest BCUT2D eigenvalue weighted by Gasteiger charge is 2.28. The van der Waals surface area contributed by atoms with E-state index in [1.54, 1.807) is 0 Å². The Morgan fingerprint density at radius 2 is 2.21 bits per heavy atom. The molecular formula is C7H10F3N3O. The van der Waals surface area contributed by atoms with Crippen molar-refractivity contribution in [3.63, 3.8) is 0 Å². The van der Waals surface area contributed by atoms with Gasteiger partial charge in [-0.3, -0.25) is 0 Å². The van der Waals surface area contributed by atoms with Crippen LogP contribution in [-0.2, 0) is 6.54 Å². The van der Waals surface area contributed by atoms with E-state index in [4.69, 9.17) is 10.8 Å². The fourth-order valence-electron chi connectivity index (χ4n) is 0.956. The molecule has 0 aliphatic heterocycles. The molecule has 1 aromatic rings. The van der Waals surface area contributed by atoms with Crippen LogP contribution in [0.5, 0.6) is 0 Å². The van der Waals surface area contributed by atoms with Crippen molar-refractivity contribution in [2.75, 3.05) is 6.61 Å². The molecule has 0 saturated heterocycles. The van der Waals surface area contributed by atoms with Crippen LogP contribution < -0.4 is 5.73 Å². The van der Waals surface area contributed by atoms with Gasteiger partial charge in [0.25, 0.3) is 0 Å². The van der Waals surface area contributed by atoms with Gasteiger partial charge in [0.15, 0.2) is 0 Å². The Labute approximate surface area is 78.2 Å². The molecule has 0 radical (unpaired) electrons. The smallest absolute Gasteiger partial charge is 0.394 e. The van der Waals surface area contributed by atoms with Crippen LogP contribution in [0.4, 0.5) is 13.2 Å². The maximum absolute atomic E-state index is 11.9. The minimum atomic E-state index is -4.28. The number of aliphatic hydroxyl groups excluding tert-OH is 1. The lowest BCUT2D eigenvalue weighted by Crippen LogP contribution is -2.17. The Morgan fingerprint density at radius 1 is 1.57 bits per heavy atom. The molecule has 1 aromatic heterocycles. The molecule has 80 valence electrons. The Hall–Kier alpha value is -1.08. The average molecular weight is 209 g/mol. The van der Waals surface area contributed by atoms with Crippen molar-refractivity contribution < 1.29 is 18.3 Å². The van der Waals surface area contributed by atoms with Crippen molar-refractivity contribution in [3.05, 3.63) is 18.2 Å². The molecule has 0 aromatic carbocycles. The maximum Gasteiger partial charge on any atom is 0.406 e. The monoisotopic (exact) mass is 209 g/mol. The van der Waals surface area contributed by atoms with Crippen molar-refractivity contribution in [2.24, 2.45) is 5.73 Å². The minimum Gasteiger partial charge on any atom is -0.394 e. The second kappa shape index (κ2) is 3.97. The molecule has 3 N–H and O–H groups in total. The Morgan fingerprint density at radius 3 is 2.71 bits per heavy atom. The molecule has 14 heavy (non-hydrogen) atoms. The summed E-state index contributed by atoms with van der Waals surface area (Å²) in [5.74, 6) is 0. The average Bonchev–Trinajstić information content (AvgIpc) is 2.48. The van der Waals surface area contributed by atoms with Gasteiger partial charge in [-0.25, -0.2) is 4.98 Å². The summed E-state index contributed by atoms with van der Waals surface area (Å²) >= 11 is 0. The summed E-state index contributed by atoms with van der Waals surface area (Å²) in [6, 6.07) is -0.732. The Bertz CT molecular complexity index is 297. The topological polar surface area (TPSA) is 64.1 Å². The van der Waals surface area contributed by atoms with E-state index in [0.717, 1.165) is 10.9 Å². The number of halogens is 3. The summed E-state index contributed by atoms with van der Waals surface area (Å²) in [5.41, 5.74) is 5.61. The molecule has 1 heterocycles. The van der Waals surface area contributed by atoms with Crippen LogP contribution in [0.3, 0.4) is 0 Å². The van der Waals surface area contributed by atoms with Gasteiger partial charge in [-0.05, 0) is 0 Å². The SMILES string of the molecule is NC(CO)c1cn(CC(F)(F)F)cn1. The number of hydrogen-bond acceptors (Lipinski definition) is 3. The molecule has 1 rings (SSSR count). The molecule has 0 amide bonds. The van der Waals surface area contributed by atoms with Crippen molar-refractivity contribution in [3.8, 4) is 0 Å². The van der Waals surface area contributed by atoms with Crippen LogP contribution in [0.1, 0.15) is 11.7 Å². The van der Waals surface area contributed by atoms with E-state index < -0.39 is 18.8 Å². The van der Waals surface area contributed by atoms with Crippen molar-refractivity contribution >= 4 is 0 Å². The van der Waals surface area contributed by atoms with Crippen LogP contribution >= 0.6 is 0 Å². The molecule has 7 heteroatoms. The number of hydrogen-bond donors (Lipinski definition) is 2. The van der Waals surface area contributed by atoms with Gasteiger partial charge in [-0.2, -0.15) is 13.2 Å². The van der Waals surface area contributed by atoms with Gasteiger partial charge in [0.05, 0.1) is 24.7 Å². The van der Waals surface area contributed by atoms with Crippen LogP contribution in [0.15, 0.2) is 12.5 Å². The number of alkyl halides is 3. The Balaban J connectivity index is 2.69. The number of aromatic nitrogens is 2. The van der Waals surface area contributed by atoms with Crippen LogP contribution in [0.25, 0.3) is 0 Å². The molecule has 4 nitrogen and oxygen atoms in total. The highest BCUT2D eigenvalue weighted by molar-refractivity contribution is 5.02. The van der Waals surface area contributed by atoms with Gasteiger partial charge in [-0.15, -0.1) is 0 Å². The Kier molecular flexibility index (Phi) is 3.12. The molecule has 0 aliphatic carbocycles. The number of nitrogens with zero attached hydrogens (tertiary/aromatic N) is 2. The molecule has 0 fully saturated rings. The highest BCUT2D eigenvalue weighted by Crippen LogP contribution is 2.18. The van der Waals surface area contributed by atoms with E-state index in [9.17, 15) is 13.2 Å². The van der Waals surface area contributed by atoms with Crippen molar-refractivity contribution in [1.29, 1.82) is 0 Å². The van der Waals surface area contributed by atoms with Crippen LogP contribution in [-0.4, -0.2) is 27.4 Å². The first-order chi connectivity index (χ1) is 6.42. The second-order valence-electron chi connectivity index (χ2n) is 2.88. The van der Waals surface area contributed by atoms with E-state index in [1.165, 1.54) is 6.20 Å². The third kappa shape index (κ3) is 3.00. The minimum absolute atomic E-state index is 0.247. The summed E-state index contributed by atoms with van der Waals surface area (Å²) in [6.07, 6.45) is -2.06. The first-order valence-corrected chi connectivity index (χ1v) is 3.87. The van der Waals surface area contributed by atoms with E-state index in [2.05, 4.69) is 4.98 Å². The zero-order valence-corrected chi connectivity index (χ0v) is 7.20. The quantitative estimate of drug-likeness (QED) is 0.759. The van der Waals surface area contributed by atoms with Crippen LogP contribution in [0.2, 0.25) is 0 Å². The van der Waals surface area contributed by atoms with E-state index in [1.807, 2.05) is 0 Å². The molecular weight excluding hydrogens is 199 g/mol. The molecule has 0 spiro atoms. The van der Waals surface area contributed by atoms with E-state index in [0.29, 0.717) is 0 Å². The molecule has 0 aliphatic rings. The van der Waals surface area contributed by atoms with Gasteiger partial charge >= 0.3 is 6.18 Å². The third-order valence-electron chi connectivity index (χ3n) is 1.59. The lowest BCUT2D eigenvalue weighted by atomic mass is 10.2. The lowest BCUT2D eigenvalue weighted by Gasteiger charge is -2.06. The van der Waals surface area contributed by atoms with E-state index in [-0.39, 0.29) is 12.3 Å². The summed E-state index contributed by atoms with van der Waals surface area (Å²) in [4.78, 5) is 3.65. The summed E-state index contributed by atoms with van der Waals surface area (Å²) < 4.78 is 36.6. The van der Waals surface area contributed by atoms with Crippen molar-refractivity contribution in [1.82, 2.24) is 9.55 Å². The predicted molar refractivity (Wildman–Crippen MR) is 42.3 cm³/mol. The third-order valence-corrected chi connectivity index (χ3v) is 1.59. The largest absolute Gasteiger partial charge is 0.406 e. The summed E-state index contributed by atoms with van der Waals surface area (Å²) in [6.45, 7) is -1.44. The second-order valence-corrected chi connectivity index (χ2v) is 2.88. The zero-order chi connectivity index (χ0) is 10.8. The molecule has 1 unspecified atom stereocenters. The molecule has 1 atom stereocenters. The predicted octanol–water partition coefficient (Wildman–Crippen LogP) is 0.437. The van der Waals surface area contributed by atoms with Gasteiger partial charge in [-0.1, -0.05) is 0 Å². The summed E-state index contributed by atoms with van der Waals surface area (Å²) in [7, 11) is 0. The standard InChI is InChI=1S/C7H10F3N3O/c8-7(9,10)3-13-1-6(12-4-13)5(11)2-14/h1,4-5,14H,2-3,11H2. The fraction of sp³-hybridized carbons (Fsp3) is 0.571. The normalized spacial score (nSPS) is 14.4. The maximum atomic E-state index is 11.9. The molecule has 0 bridgehead atoms. The number of rotatable bonds is 3. The van der Waals surface area contributed by atoms with Gasteiger partial charge < -0.3 is 15.4 Å².